The molecule has 0 aromatic carbocycles. The minimum atomic E-state index is -5.39. The van der Waals surface area contributed by atoms with Crippen molar-refractivity contribution in [2.45, 2.75) is 0 Å². The number of rotatable bonds is 0. The molecular formula is C2H3Ca3ClO8P2. The standard InChI is InChI=1S/C2H3Cl.3Ca.2H3O4P/c1-2-3;;;;2*1-5(2,3)4/h2H,1H2;;;;2*(H3,1,2,3,4)/q;3*+2;;/p-6. The van der Waals surface area contributed by atoms with Gasteiger partial charge in [0, 0.05) is 0 Å². The summed E-state index contributed by atoms with van der Waals surface area (Å²) in [6.07, 6.45) is 0. The van der Waals surface area contributed by atoms with Crippen molar-refractivity contribution in [3.05, 3.63) is 12.1 Å². The first-order valence-corrected chi connectivity index (χ1v) is 5.44. The molecule has 0 aliphatic carbocycles. The van der Waals surface area contributed by atoms with Crippen LogP contribution < -0.4 is 29.4 Å². The molecule has 16 heavy (non-hydrogen) atoms. The van der Waals surface area contributed by atoms with Gasteiger partial charge >= 0.3 is 113 Å². The molecule has 0 aliphatic heterocycles. The normalized spacial score (nSPS) is 8.19. The van der Waals surface area contributed by atoms with Gasteiger partial charge in [0.05, 0.1) is 0 Å². The molecular weight excluding hydrogens is 370 g/mol. The summed E-state index contributed by atoms with van der Waals surface area (Å²) in [5.74, 6) is 0. The topological polar surface area (TPSA) is 172 Å². The van der Waals surface area contributed by atoms with Crippen molar-refractivity contribution < 1.29 is 38.5 Å². The van der Waals surface area contributed by atoms with Crippen LogP contribution in [0.2, 0.25) is 0 Å². The molecule has 0 spiro atoms. The van der Waals surface area contributed by atoms with Crippen LogP contribution in [-0.2, 0) is 9.13 Å². The zero-order chi connectivity index (χ0) is 11.7. The Morgan fingerprint density at radius 2 is 0.812 bits per heavy atom. The molecule has 0 aliphatic rings. The minimum Gasteiger partial charge on any atom is -0.822 e. The summed E-state index contributed by atoms with van der Waals surface area (Å²) in [5, 5.41) is 0. The molecule has 0 aromatic rings. The van der Waals surface area contributed by atoms with Gasteiger partial charge in [0.15, 0.2) is 0 Å². The molecule has 0 atom stereocenters. The first-order valence-electron chi connectivity index (χ1n) is 2.09. The van der Waals surface area contributed by atoms with E-state index in [0.29, 0.717) is 0 Å². The van der Waals surface area contributed by atoms with Crippen LogP contribution in [0.5, 0.6) is 0 Å². The van der Waals surface area contributed by atoms with Crippen LogP contribution in [0, 0.1) is 0 Å². The van der Waals surface area contributed by atoms with E-state index in [1.54, 1.807) is 0 Å². The SMILES string of the molecule is C=CCl.O=P([O-])([O-])[O-].O=P([O-])([O-])[O-].[Ca+2].[Ca+2].[Ca+2]. The predicted octanol–water partition coefficient (Wildman–Crippen LogP) is -5.42. The Bertz CT molecular complexity index is 177. The van der Waals surface area contributed by atoms with Crippen LogP contribution in [0.4, 0.5) is 0 Å². The quantitative estimate of drug-likeness (QED) is 0.299. The fourth-order valence-corrected chi connectivity index (χ4v) is 0. The maximum atomic E-state index is 8.55. The van der Waals surface area contributed by atoms with Crippen molar-refractivity contribution in [2.75, 3.05) is 0 Å². The van der Waals surface area contributed by atoms with Crippen molar-refractivity contribution in [1.29, 1.82) is 0 Å². The monoisotopic (exact) mass is 372 g/mol. The second-order valence-electron chi connectivity index (χ2n) is 1.05. The molecule has 0 unspecified atom stereocenters. The third-order valence-corrected chi connectivity index (χ3v) is 0. The smallest absolute Gasteiger partial charge is 0.822 e. The van der Waals surface area contributed by atoms with Crippen molar-refractivity contribution in [3.63, 3.8) is 0 Å². The van der Waals surface area contributed by atoms with Gasteiger partial charge in [0.2, 0.25) is 0 Å². The van der Waals surface area contributed by atoms with E-state index in [4.69, 9.17) is 50.1 Å². The van der Waals surface area contributed by atoms with E-state index in [-0.39, 0.29) is 113 Å². The molecule has 82 valence electrons. The Hall–Kier alpha value is 4.03. The fourth-order valence-electron chi connectivity index (χ4n) is 0. The second kappa shape index (κ2) is 21.3. The molecule has 0 rings (SSSR count). The summed E-state index contributed by atoms with van der Waals surface area (Å²) in [5.41, 5.74) is 1.22. The molecule has 0 aromatic heterocycles. The van der Waals surface area contributed by atoms with Crippen molar-refractivity contribution in [1.82, 2.24) is 0 Å². The van der Waals surface area contributed by atoms with Gasteiger partial charge in [-0.1, -0.05) is 18.2 Å². The van der Waals surface area contributed by atoms with E-state index in [2.05, 4.69) is 6.58 Å². The third-order valence-electron chi connectivity index (χ3n) is 0. The van der Waals surface area contributed by atoms with Crippen LogP contribution in [0.15, 0.2) is 12.1 Å². The third kappa shape index (κ3) is 322. The van der Waals surface area contributed by atoms with Crippen LogP contribution in [-0.4, -0.2) is 113 Å². The zero-order valence-corrected chi connectivity index (χ0v) is 17.1. The van der Waals surface area contributed by atoms with E-state index < -0.39 is 15.6 Å². The van der Waals surface area contributed by atoms with Crippen LogP contribution in [0.3, 0.4) is 0 Å². The summed E-state index contributed by atoms with van der Waals surface area (Å²) in [4.78, 5) is 51.3. The van der Waals surface area contributed by atoms with Crippen LogP contribution in [0.25, 0.3) is 0 Å². The Labute approximate surface area is 187 Å². The number of hydrogen-bond donors (Lipinski definition) is 0. The summed E-state index contributed by atoms with van der Waals surface area (Å²) >= 11 is 4.76. The molecule has 0 fully saturated rings. The molecule has 0 bridgehead atoms. The molecule has 8 nitrogen and oxygen atoms in total. The summed E-state index contributed by atoms with van der Waals surface area (Å²) in [6, 6.07) is 0. The summed E-state index contributed by atoms with van der Waals surface area (Å²) < 4.78 is 17.1. The molecule has 0 saturated heterocycles. The minimum absolute atomic E-state index is 0. The molecule has 0 heterocycles. The van der Waals surface area contributed by atoms with Gasteiger partial charge in [-0.25, -0.2) is 0 Å². The maximum Gasteiger partial charge on any atom is 2.00 e. The van der Waals surface area contributed by atoms with Gasteiger partial charge < -0.3 is 38.5 Å². The molecule has 0 saturated carbocycles. The number of hydrogen-bond acceptors (Lipinski definition) is 8. The summed E-state index contributed by atoms with van der Waals surface area (Å²) in [7, 11) is -10.8. The van der Waals surface area contributed by atoms with Gasteiger partial charge in [-0.05, 0) is 5.54 Å². The van der Waals surface area contributed by atoms with Gasteiger partial charge in [0.1, 0.15) is 0 Å². The molecule has 0 amide bonds. The van der Waals surface area contributed by atoms with Gasteiger partial charge in [-0.2, -0.15) is 15.6 Å². The largest absolute Gasteiger partial charge is 2.00 e. The van der Waals surface area contributed by atoms with Crippen LogP contribution >= 0.6 is 27.2 Å². The Kier molecular flexibility index (Phi) is 49.1. The van der Waals surface area contributed by atoms with E-state index in [1.165, 1.54) is 5.54 Å². The Morgan fingerprint density at radius 1 is 0.812 bits per heavy atom. The Balaban J connectivity index is -0.0000000220. The van der Waals surface area contributed by atoms with Crippen molar-refractivity contribution in [2.24, 2.45) is 0 Å². The second-order valence-corrected chi connectivity index (χ2v) is 3.15. The average Bonchev–Trinajstić information content (AvgIpc) is 1.52. The van der Waals surface area contributed by atoms with E-state index in [9.17, 15) is 0 Å². The average molecular weight is 373 g/mol. The zero-order valence-electron chi connectivity index (χ0n) is 7.94. The molecule has 0 radical (unpaired) electrons. The number of halogens is 1. The summed E-state index contributed by atoms with van der Waals surface area (Å²) in [6.45, 7) is 3.13. The van der Waals surface area contributed by atoms with E-state index in [0.717, 1.165) is 0 Å². The van der Waals surface area contributed by atoms with Crippen molar-refractivity contribution in [3.8, 4) is 0 Å². The van der Waals surface area contributed by atoms with Gasteiger partial charge in [-0.3, -0.25) is 0 Å². The van der Waals surface area contributed by atoms with Crippen LogP contribution in [0.1, 0.15) is 0 Å². The predicted molar refractivity (Wildman–Crippen MR) is 48.5 cm³/mol. The van der Waals surface area contributed by atoms with E-state index in [1.807, 2.05) is 0 Å². The van der Waals surface area contributed by atoms with Crippen molar-refractivity contribution >= 4 is 140 Å². The van der Waals surface area contributed by atoms with Gasteiger partial charge in [0.25, 0.3) is 0 Å². The van der Waals surface area contributed by atoms with Gasteiger partial charge in [-0.15, -0.1) is 0 Å². The first kappa shape index (κ1) is 36.9. The number of phosphoric acid groups is 2. The first-order chi connectivity index (χ1) is 5.41. The fraction of sp³-hybridized carbons (Fsp3) is 0. The Morgan fingerprint density at radius 3 is 0.812 bits per heavy atom. The molecule has 14 heteroatoms. The van der Waals surface area contributed by atoms with E-state index >= 15 is 0 Å². The molecule has 0 N–H and O–H groups in total. The maximum absolute atomic E-state index is 8.55.